The SMILES string of the molecule is [2H]C([2H])(Nc1c2c(nc3c(O)cc([N+]#[C-])cc13)CCN(C(C)=O)C2)c1ccc(OC)c(Cl)c1. The number of hydrogen-bond acceptors (Lipinski definition) is 5. The molecular formula is C23H21ClN4O3. The monoisotopic (exact) mass is 438 g/mol. The minimum atomic E-state index is -2.08. The molecule has 1 aliphatic heterocycles. The number of carbonyl (C=O) groups is 1. The topological polar surface area (TPSA) is 79.1 Å². The zero-order valence-electron chi connectivity index (χ0n) is 19.0. The molecule has 0 saturated carbocycles. The van der Waals surface area contributed by atoms with Gasteiger partial charge in [-0.2, -0.15) is 0 Å². The van der Waals surface area contributed by atoms with Crippen molar-refractivity contribution in [3.63, 3.8) is 0 Å². The van der Waals surface area contributed by atoms with Crippen molar-refractivity contribution in [3.8, 4) is 11.5 Å². The molecule has 2 N–H and O–H groups in total. The molecule has 2 heterocycles. The van der Waals surface area contributed by atoms with Crippen molar-refractivity contribution in [1.82, 2.24) is 9.88 Å². The first-order valence-corrected chi connectivity index (χ1v) is 9.96. The van der Waals surface area contributed by atoms with Crippen LogP contribution in [0, 0.1) is 6.57 Å². The standard InChI is InChI=1S/C23H21ClN4O3/c1-13(29)28-7-6-19-17(12-28)22(16-9-15(25-2)10-20(30)23(16)27-19)26-11-14-4-5-21(31-3)18(24)8-14/h4-5,8-10,30H,6-7,11-12H2,1,3H3,(H,26,27)/i11D2. The molecule has 8 heteroatoms. The van der Waals surface area contributed by atoms with Crippen molar-refractivity contribution in [2.45, 2.75) is 26.4 Å². The second kappa shape index (κ2) is 8.32. The van der Waals surface area contributed by atoms with E-state index in [1.54, 1.807) is 23.1 Å². The first-order chi connectivity index (χ1) is 15.6. The molecule has 2 aromatic carbocycles. The predicted molar refractivity (Wildman–Crippen MR) is 120 cm³/mol. The smallest absolute Gasteiger partial charge is 0.219 e. The fourth-order valence-electron chi connectivity index (χ4n) is 3.66. The number of aromatic hydroxyl groups is 1. The average molecular weight is 439 g/mol. The number of nitrogens with one attached hydrogen (secondary N) is 1. The normalized spacial score (nSPS) is 14.3. The molecule has 0 bridgehead atoms. The fourth-order valence-corrected chi connectivity index (χ4v) is 3.92. The number of aromatic nitrogens is 1. The number of anilines is 1. The van der Waals surface area contributed by atoms with E-state index in [0.717, 1.165) is 0 Å². The Kier molecular flexibility index (Phi) is 4.91. The maximum Gasteiger partial charge on any atom is 0.219 e. The number of benzene rings is 2. The Morgan fingerprint density at radius 2 is 2.26 bits per heavy atom. The maximum atomic E-state index is 12.0. The van der Waals surface area contributed by atoms with Gasteiger partial charge in [-0.1, -0.05) is 17.7 Å². The first-order valence-electron chi connectivity index (χ1n) is 10.6. The Labute approximate surface area is 187 Å². The van der Waals surface area contributed by atoms with E-state index in [2.05, 4.69) is 15.1 Å². The molecule has 4 rings (SSSR count). The molecule has 158 valence electrons. The third-order valence-electron chi connectivity index (χ3n) is 5.27. The highest BCUT2D eigenvalue weighted by Crippen LogP contribution is 2.39. The number of fused-ring (bicyclic) bond motifs is 2. The van der Waals surface area contributed by atoms with Crippen LogP contribution in [-0.4, -0.2) is 34.6 Å². The summed E-state index contributed by atoms with van der Waals surface area (Å²) in [6, 6.07) is 7.52. The third kappa shape index (κ3) is 3.94. The largest absolute Gasteiger partial charge is 0.507 e. The summed E-state index contributed by atoms with van der Waals surface area (Å²) in [5, 5.41) is 14.1. The molecule has 0 aliphatic carbocycles. The van der Waals surface area contributed by atoms with Gasteiger partial charge >= 0.3 is 0 Å². The Hall–Kier alpha value is -3.50. The molecule has 0 unspecified atom stereocenters. The summed E-state index contributed by atoms with van der Waals surface area (Å²) in [7, 11) is 1.48. The predicted octanol–water partition coefficient (Wildman–Crippen LogP) is 4.67. The number of amides is 1. The second-order valence-electron chi connectivity index (χ2n) is 7.17. The number of carbonyl (C=O) groups excluding carboxylic acids is 1. The van der Waals surface area contributed by atoms with E-state index in [-0.39, 0.29) is 40.0 Å². The molecule has 0 saturated heterocycles. The van der Waals surface area contributed by atoms with E-state index < -0.39 is 6.50 Å². The lowest BCUT2D eigenvalue weighted by Gasteiger charge is -2.30. The molecular weight excluding hydrogens is 416 g/mol. The Morgan fingerprint density at radius 1 is 1.45 bits per heavy atom. The molecule has 7 nitrogen and oxygen atoms in total. The van der Waals surface area contributed by atoms with Gasteiger partial charge in [-0.15, -0.1) is 0 Å². The van der Waals surface area contributed by atoms with Crippen LogP contribution >= 0.6 is 11.6 Å². The van der Waals surface area contributed by atoms with E-state index in [1.165, 1.54) is 26.2 Å². The van der Waals surface area contributed by atoms with Gasteiger partial charge in [0.2, 0.25) is 5.91 Å². The van der Waals surface area contributed by atoms with Gasteiger partial charge in [0.05, 0.1) is 27.1 Å². The average Bonchev–Trinajstić information content (AvgIpc) is 2.78. The summed E-state index contributed by atoms with van der Waals surface area (Å²) in [4.78, 5) is 21.7. The number of pyridine rings is 1. The number of ether oxygens (including phenoxy) is 1. The number of rotatable bonds is 4. The lowest BCUT2D eigenvalue weighted by molar-refractivity contribution is -0.129. The number of methoxy groups -OCH3 is 1. The van der Waals surface area contributed by atoms with Gasteiger partial charge in [0.15, 0.2) is 5.69 Å². The van der Waals surface area contributed by atoms with Gasteiger partial charge in [0, 0.05) is 49.6 Å². The number of hydrogen-bond donors (Lipinski definition) is 2. The second-order valence-corrected chi connectivity index (χ2v) is 7.58. The summed E-state index contributed by atoms with van der Waals surface area (Å²) in [6.45, 7) is 7.46. The Balaban J connectivity index is 1.91. The minimum Gasteiger partial charge on any atom is -0.507 e. The number of halogens is 1. The molecule has 0 atom stereocenters. The van der Waals surface area contributed by atoms with Gasteiger partial charge in [-0.25, -0.2) is 9.83 Å². The summed E-state index contributed by atoms with van der Waals surface area (Å²) in [6.07, 6.45) is 0.459. The molecule has 3 aromatic rings. The molecule has 1 aliphatic rings. The van der Waals surface area contributed by atoms with Crippen molar-refractivity contribution in [2.75, 3.05) is 19.0 Å². The minimum absolute atomic E-state index is 0.102. The van der Waals surface area contributed by atoms with Crippen LogP contribution in [-0.2, 0) is 24.3 Å². The van der Waals surface area contributed by atoms with Crippen molar-refractivity contribution in [1.29, 1.82) is 0 Å². The van der Waals surface area contributed by atoms with Gasteiger partial charge in [-0.3, -0.25) is 4.79 Å². The zero-order valence-corrected chi connectivity index (χ0v) is 17.7. The van der Waals surface area contributed by atoms with E-state index in [0.29, 0.717) is 41.0 Å². The lowest BCUT2D eigenvalue weighted by atomic mass is 9.99. The molecule has 1 amide bonds. The van der Waals surface area contributed by atoms with Crippen LogP contribution in [0.25, 0.3) is 15.7 Å². The molecule has 0 fully saturated rings. The number of phenols is 1. The number of phenolic OH excluding ortho intramolecular Hbond substituents is 1. The van der Waals surface area contributed by atoms with Crippen LogP contribution in [0.5, 0.6) is 11.5 Å². The number of nitrogens with zero attached hydrogens (tertiary/aromatic N) is 3. The molecule has 0 spiro atoms. The zero-order chi connectivity index (χ0) is 23.9. The maximum absolute atomic E-state index is 12.0. The van der Waals surface area contributed by atoms with E-state index in [4.69, 9.17) is 25.7 Å². The quantitative estimate of drug-likeness (QED) is 0.579. The van der Waals surface area contributed by atoms with Gasteiger partial charge in [-0.05, 0) is 29.8 Å². The van der Waals surface area contributed by atoms with Gasteiger partial charge in [0.1, 0.15) is 17.0 Å². The third-order valence-corrected chi connectivity index (χ3v) is 5.56. The van der Waals surface area contributed by atoms with Crippen LogP contribution in [0.1, 0.15) is 26.5 Å². The van der Waals surface area contributed by atoms with Gasteiger partial charge < -0.3 is 20.1 Å². The van der Waals surface area contributed by atoms with Crippen LogP contribution in [0.3, 0.4) is 0 Å². The highest BCUT2D eigenvalue weighted by atomic mass is 35.5. The summed E-state index contributed by atoms with van der Waals surface area (Å²) < 4.78 is 22.6. The molecule has 0 radical (unpaired) electrons. The summed E-state index contributed by atoms with van der Waals surface area (Å²) >= 11 is 6.22. The van der Waals surface area contributed by atoms with Crippen molar-refractivity contribution >= 4 is 39.8 Å². The highest BCUT2D eigenvalue weighted by Gasteiger charge is 2.25. The summed E-state index contributed by atoms with van der Waals surface area (Å²) in [5.74, 6) is 0.160. The lowest BCUT2D eigenvalue weighted by Crippen LogP contribution is -2.35. The molecule has 31 heavy (non-hydrogen) atoms. The highest BCUT2D eigenvalue weighted by molar-refractivity contribution is 6.32. The van der Waals surface area contributed by atoms with Crippen LogP contribution in [0.2, 0.25) is 5.02 Å². The van der Waals surface area contributed by atoms with Gasteiger partial charge in [0.25, 0.3) is 0 Å². The van der Waals surface area contributed by atoms with Crippen LogP contribution in [0.4, 0.5) is 11.4 Å². The van der Waals surface area contributed by atoms with Crippen LogP contribution < -0.4 is 10.1 Å². The Bertz CT molecular complexity index is 1320. The molecule has 1 aromatic heterocycles. The van der Waals surface area contributed by atoms with E-state index in [1.807, 2.05) is 0 Å². The van der Waals surface area contributed by atoms with E-state index in [9.17, 15) is 9.90 Å². The Morgan fingerprint density at radius 3 is 2.94 bits per heavy atom. The van der Waals surface area contributed by atoms with Crippen LogP contribution in [0.15, 0.2) is 30.3 Å². The fraction of sp³-hybridized carbons (Fsp3) is 0.261. The summed E-state index contributed by atoms with van der Waals surface area (Å²) in [5.41, 5.74) is 2.40. The first kappa shape index (κ1) is 18.3. The van der Waals surface area contributed by atoms with Crippen molar-refractivity contribution in [2.24, 2.45) is 0 Å². The van der Waals surface area contributed by atoms with Crippen molar-refractivity contribution < 1.29 is 17.4 Å². The van der Waals surface area contributed by atoms with E-state index >= 15 is 0 Å². The van der Waals surface area contributed by atoms with Crippen molar-refractivity contribution in [3.05, 3.63) is 63.6 Å².